The Morgan fingerprint density at radius 2 is 1.86 bits per heavy atom. The number of amides is 1. The minimum absolute atomic E-state index is 0.0808. The van der Waals surface area contributed by atoms with Crippen molar-refractivity contribution in [2.45, 2.75) is 59.0 Å². The summed E-state index contributed by atoms with van der Waals surface area (Å²) in [5.74, 6) is -0.767. The van der Waals surface area contributed by atoms with Gasteiger partial charge < -0.3 is 19.9 Å². The summed E-state index contributed by atoms with van der Waals surface area (Å²) in [5, 5.41) is 12.3. The first kappa shape index (κ1) is 18.7. The van der Waals surface area contributed by atoms with Crippen LogP contribution in [0.2, 0.25) is 0 Å². The molecule has 22 heavy (non-hydrogen) atoms. The van der Waals surface area contributed by atoms with E-state index in [9.17, 15) is 14.7 Å². The third-order valence-electron chi connectivity index (χ3n) is 3.77. The zero-order valence-electron chi connectivity index (χ0n) is 14.1. The van der Waals surface area contributed by atoms with Gasteiger partial charge in [0.05, 0.1) is 5.41 Å². The van der Waals surface area contributed by atoms with Gasteiger partial charge in [-0.25, -0.2) is 4.79 Å². The smallest absolute Gasteiger partial charge is 0.407 e. The number of rotatable bonds is 9. The number of hydrogen-bond acceptors (Lipinski definition) is 4. The Labute approximate surface area is 132 Å². The van der Waals surface area contributed by atoms with Crippen molar-refractivity contribution in [1.82, 2.24) is 5.32 Å². The Balaban J connectivity index is 2.62. The number of ether oxygens (including phenoxy) is 2. The van der Waals surface area contributed by atoms with Crippen LogP contribution < -0.4 is 5.32 Å². The van der Waals surface area contributed by atoms with Crippen LogP contribution in [0.4, 0.5) is 4.79 Å². The zero-order chi connectivity index (χ0) is 16.8. The average molecular weight is 315 g/mol. The van der Waals surface area contributed by atoms with E-state index in [1.165, 1.54) is 0 Å². The number of alkyl carbamates (subject to hydrolysis) is 1. The molecule has 0 bridgehead atoms. The second-order valence-corrected chi connectivity index (χ2v) is 6.95. The van der Waals surface area contributed by atoms with Crippen molar-refractivity contribution < 1.29 is 24.2 Å². The largest absolute Gasteiger partial charge is 0.481 e. The summed E-state index contributed by atoms with van der Waals surface area (Å²) in [6.45, 7) is 8.43. The Hall–Kier alpha value is -1.30. The molecule has 0 spiro atoms. The fourth-order valence-corrected chi connectivity index (χ4v) is 2.47. The average Bonchev–Trinajstić information content (AvgIpc) is 3.20. The Morgan fingerprint density at radius 3 is 2.32 bits per heavy atom. The quantitative estimate of drug-likeness (QED) is 0.639. The lowest BCUT2D eigenvalue weighted by molar-refractivity contribution is -0.151. The van der Waals surface area contributed by atoms with Gasteiger partial charge >= 0.3 is 12.1 Å². The molecule has 6 heteroatoms. The lowest BCUT2D eigenvalue weighted by Crippen LogP contribution is -2.46. The fourth-order valence-electron chi connectivity index (χ4n) is 2.47. The molecule has 1 atom stereocenters. The summed E-state index contributed by atoms with van der Waals surface area (Å²) in [6, 6.07) is 0. The predicted molar refractivity (Wildman–Crippen MR) is 82.8 cm³/mol. The first-order chi connectivity index (χ1) is 10.2. The molecule has 1 aliphatic rings. The van der Waals surface area contributed by atoms with Crippen molar-refractivity contribution in [1.29, 1.82) is 0 Å². The molecule has 0 aliphatic heterocycles. The van der Waals surface area contributed by atoms with Crippen molar-refractivity contribution in [2.24, 2.45) is 11.3 Å². The SMILES string of the molecule is CCCOCCC(CNC(=O)OC(C)(C)C)(C(=O)O)C1CC1. The minimum atomic E-state index is -0.954. The number of carbonyl (C=O) groups excluding carboxylic acids is 1. The lowest BCUT2D eigenvalue weighted by Gasteiger charge is -2.30. The number of carboxylic acid groups (broad SMARTS) is 1. The molecule has 0 saturated heterocycles. The van der Waals surface area contributed by atoms with Crippen molar-refractivity contribution in [3.05, 3.63) is 0 Å². The summed E-state index contributed by atoms with van der Waals surface area (Å²) in [5.41, 5.74) is -1.55. The van der Waals surface area contributed by atoms with Gasteiger partial charge in [0.15, 0.2) is 0 Å². The Bertz CT molecular complexity index is 386. The maximum absolute atomic E-state index is 11.8. The molecule has 1 saturated carbocycles. The standard InChI is InChI=1S/C16H29NO5/c1-5-9-21-10-8-16(13(18)19,12-6-7-12)11-17-14(20)22-15(2,3)4/h12H,5-11H2,1-4H3,(H,17,20)(H,18,19). The van der Waals surface area contributed by atoms with E-state index in [-0.39, 0.29) is 12.5 Å². The van der Waals surface area contributed by atoms with E-state index < -0.39 is 23.1 Å². The van der Waals surface area contributed by atoms with E-state index in [1.807, 2.05) is 6.92 Å². The second kappa shape index (κ2) is 7.81. The van der Waals surface area contributed by atoms with Gasteiger partial charge in [0.1, 0.15) is 5.60 Å². The zero-order valence-corrected chi connectivity index (χ0v) is 14.1. The molecule has 2 N–H and O–H groups in total. The molecule has 0 aromatic rings. The van der Waals surface area contributed by atoms with E-state index in [1.54, 1.807) is 20.8 Å². The van der Waals surface area contributed by atoms with Crippen molar-refractivity contribution in [3.8, 4) is 0 Å². The van der Waals surface area contributed by atoms with Gasteiger partial charge in [0, 0.05) is 19.8 Å². The van der Waals surface area contributed by atoms with Gasteiger partial charge in [0.2, 0.25) is 0 Å². The minimum Gasteiger partial charge on any atom is -0.481 e. The predicted octanol–water partition coefficient (Wildman–Crippen LogP) is 2.81. The molecular formula is C16H29NO5. The number of nitrogens with one attached hydrogen (secondary N) is 1. The van der Waals surface area contributed by atoms with Crippen LogP contribution in [0.3, 0.4) is 0 Å². The first-order valence-corrected chi connectivity index (χ1v) is 7.99. The normalized spacial score (nSPS) is 17.6. The van der Waals surface area contributed by atoms with Crippen LogP contribution in [-0.4, -0.2) is 42.5 Å². The molecule has 6 nitrogen and oxygen atoms in total. The molecule has 1 amide bonds. The van der Waals surface area contributed by atoms with Crippen LogP contribution >= 0.6 is 0 Å². The van der Waals surface area contributed by atoms with Crippen molar-refractivity contribution in [2.75, 3.05) is 19.8 Å². The molecule has 1 aliphatic carbocycles. The van der Waals surface area contributed by atoms with Crippen molar-refractivity contribution >= 4 is 12.1 Å². The molecule has 1 rings (SSSR count). The maximum atomic E-state index is 11.8. The van der Waals surface area contributed by atoms with E-state index in [0.717, 1.165) is 19.3 Å². The van der Waals surface area contributed by atoms with Crippen LogP contribution in [0.1, 0.15) is 53.4 Å². The highest BCUT2D eigenvalue weighted by Crippen LogP contribution is 2.47. The van der Waals surface area contributed by atoms with Crippen LogP contribution in [0, 0.1) is 11.3 Å². The van der Waals surface area contributed by atoms with Gasteiger partial charge in [-0.05, 0) is 52.4 Å². The van der Waals surface area contributed by atoms with Crippen molar-refractivity contribution in [3.63, 3.8) is 0 Å². The van der Waals surface area contributed by atoms with E-state index >= 15 is 0 Å². The van der Waals surface area contributed by atoms with E-state index in [0.29, 0.717) is 19.6 Å². The summed E-state index contributed by atoms with van der Waals surface area (Å²) >= 11 is 0. The highest BCUT2D eigenvalue weighted by atomic mass is 16.6. The number of aliphatic carboxylic acids is 1. The molecule has 0 heterocycles. The monoisotopic (exact) mass is 315 g/mol. The van der Waals surface area contributed by atoms with Gasteiger partial charge in [-0.3, -0.25) is 4.79 Å². The van der Waals surface area contributed by atoms with Gasteiger partial charge in [-0.15, -0.1) is 0 Å². The highest BCUT2D eigenvalue weighted by Gasteiger charge is 2.51. The molecule has 1 fully saturated rings. The van der Waals surface area contributed by atoms with Crippen LogP contribution in [0.15, 0.2) is 0 Å². The maximum Gasteiger partial charge on any atom is 0.407 e. The molecule has 0 radical (unpaired) electrons. The number of hydrogen-bond donors (Lipinski definition) is 2. The summed E-state index contributed by atoms with van der Waals surface area (Å²) in [4.78, 5) is 23.6. The first-order valence-electron chi connectivity index (χ1n) is 7.99. The van der Waals surface area contributed by atoms with E-state index in [4.69, 9.17) is 9.47 Å². The summed E-state index contributed by atoms with van der Waals surface area (Å²) in [7, 11) is 0. The van der Waals surface area contributed by atoms with Gasteiger partial charge in [-0.1, -0.05) is 6.92 Å². The second-order valence-electron chi connectivity index (χ2n) is 6.95. The summed E-state index contributed by atoms with van der Waals surface area (Å²) < 4.78 is 10.6. The highest BCUT2D eigenvalue weighted by molar-refractivity contribution is 5.77. The van der Waals surface area contributed by atoms with Crippen LogP contribution in [0.5, 0.6) is 0 Å². The molecule has 0 aromatic heterocycles. The number of carbonyl (C=O) groups is 2. The topological polar surface area (TPSA) is 84.9 Å². The molecular weight excluding hydrogens is 286 g/mol. The Kier molecular flexibility index (Phi) is 6.66. The fraction of sp³-hybridized carbons (Fsp3) is 0.875. The van der Waals surface area contributed by atoms with Gasteiger partial charge in [-0.2, -0.15) is 0 Å². The summed E-state index contributed by atoms with van der Waals surface area (Å²) in [6.07, 6.45) is 2.50. The van der Waals surface area contributed by atoms with E-state index in [2.05, 4.69) is 5.32 Å². The third-order valence-corrected chi connectivity index (χ3v) is 3.77. The molecule has 128 valence electrons. The number of carboxylic acids is 1. The lowest BCUT2D eigenvalue weighted by atomic mass is 9.79. The Morgan fingerprint density at radius 1 is 1.23 bits per heavy atom. The van der Waals surface area contributed by atoms with Gasteiger partial charge in [0.25, 0.3) is 0 Å². The molecule has 1 unspecified atom stereocenters. The van der Waals surface area contributed by atoms with Crippen LogP contribution in [-0.2, 0) is 14.3 Å². The molecule has 0 aromatic carbocycles. The third kappa shape index (κ3) is 5.83. The van der Waals surface area contributed by atoms with Crippen LogP contribution in [0.25, 0.3) is 0 Å².